The second-order valence-corrected chi connectivity index (χ2v) is 5.66. The van der Waals surface area contributed by atoms with Gasteiger partial charge in [-0.2, -0.15) is 13.2 Å². The molecule has 0 radical (unpaired) electrons. The lowest BCUT2D eigenvalue weighted by Crippen LogP contribution is -2.51. The number of amides is 1. The van der Waals surface area contributed by atoms with Crippen LogP contribution in [0.5, 0.6) is 0 Å². The van der Waals surface area contributed by atoms with E-state index in [4.69, 9.17) is 14.6 Å². The third-order valence-corrected chi connectivity index (χ3v) is 3.68. The number of aliphatic carboxylic acids is 1. The predicted octanol–water partition coefficient (Wildman–Crippen LogP) is 1.62. The van der Waals surface area contributed by atoms with Gasteiger partial charge in [0.2, 0.25) is 5.91 Å². The molecule has 1 fully saturated rings. The molecule has 9 heteroatoms. The van der Waals surface area contributed by atoms with Crippen molar-refractivity contribution < 1.29 is 37.3 Å². The van der Waals surface area contributed by atoms with E-state index in [1.807, 2.05) is 0 Å². The molecule has 6 nitrogen and oxygen atoms in total. The number of halogens is 3. The topological polar surface area (TPSA) is 84.9 Å². The lowest BCUT2D eigenvalue weighted by Gasteiger charge is -2.31. The van der Waals surface area contributed by atoms with E-state index in [1.165, 1.54) is 12.1 Å². The van der Waals surface area contributed by atoms with Gasteiger partial charge in [0.05, 0.1) is 30.7 Å². The molecule has 0 aliphatic carbocycles. The van der Waals surface area contributed by atoms with Crippen molar-refractivity contribution in [3.8, 4) is 0 Å². The fourth-order valence-corrected chi connectivity index (χ4v) is 2.53. The molecule has 0 spiro atoms. The van der Waals surface area contributed by atoms with E-state index in [1.54, 1.807) is 0 Å². The van der Waals surface area contributed by atoms with Crippen LogP contribution in [0.25, 0.3) is 0 Å². The van der Waals surface area contributed by atoms with E-state index in [0.29, 0.717) is 13.0 Å². The van der Waals surface area contributed by atoms with E-state index < -0.39 is 42.4 Å². The highest BCUT2D eigenvalue weighted by atomic mass is 19.4. The summed E-state index contributed by atoms with van der Waals surface area (Å²) in [5.74, 6) is -1.61. The maximum atomic E-state index is 12.7. The van der Waals surface area contributed by atoms with Crippen LogP contribution in [0.1, 0.15) is 17.5 Å². The number of ether oxygens (including phenoxy) is 2. The molecule has 1 aliphatic rings. The van der Waals surface area contributed by atoms with Gasteiger partial charge in [-0.3, -0.25) is 4.79 Å². The average molecular weight is 361 g/mol. The molecule has 1 aromatic carbocycles. The van der Waals surface area contributed by atoms with Gasteiger partial charge in [-0.25, -0.2) is 4.79 Å². The smallest absolute Gasteiger partial charge is 0.416 e. The van der Waals surface area contributed by atoms with Crippen molar-refractivity contribution in [3.63, 3.8) is 0 Å². The molecule has 0 aromatic heterocycles. The van der Waals surface area contributed by atoms with Gasteiger partial charge >= 0.3 is 12.1 Å². The molecule has 0 saturated carbocycles. The highest BCUT2D eigenvalue weighted by Gasteiger charge is 2.31. The molecule has 2 atom stereocenters. The minimum absolute atomic E-state index is 0.151. The molecule has 1 aliphatic heterocycles. The van der Waals surface area contributed by atoms with Crippen molar-refractivity contribution in [3.05, 3.63) is 35.4 Å². The number of hydrogen-bond acceptors (Lipinski definition) is 4. The SMILES string of the molecule is O=C(O)CO[C@H]1CCOC[C@H]1NC(=O)Cc1cccc(C(F)(F)F)c1. The molecular weight excluding hydrogens is 343 g/mol. The summed E-state index contributed by atoms with van der Waals surface area (Å²) in [4.78, 5) is 22.7. The molecule has 2 N–H and O–H groups in total. The molecule has 0 unspecified atom stereocenters. The van der Waals surface area contributed by atoms with Crippen molar-refractivity contribution in [1.82, 2.24) is 5.32 Å². The molecule has 138 valence electrons. The third kappa shape index (κ3) is 6.02. The van der Waals surface area contributed by atoms with Crippen LogP contribution in [-0.4, -0.2) is 48.9 Å². The van der Waals surface area contributed by atoms with Gasteiger partial charge in [-0.15, -0.1) is 0 Å². The van der Waals surface area contributed by atoms with Crippen LogP contribution < -0.4 is 5.32 Å². The Kier molecular flexibility index (Phi) is 6.38. The molecule has 1 saturated heterocycles. The number of carbonyl (C=O) groups excluding carboxylic acids is 1. The van der Waals surface area contributed by atoms with Gasteiger partial charge in [0.1, 0.15) is 6.61 Å². The summed E-state index contributed by atoms with van der Waals surface area (Å²) >= 11 is 0. The lowest BCUT2D eigenvalue weighted by atomic mass is 10.0. The summed E-state index contributed by atoms with van der Waals surface area (Å²) in [6, 6.07) is 3.99. The molecule has 1 aromatic rings. The second kappa shape index (κ2) is 8.30. The first-order chi connectivity index (χ1) is 11.8. The summed E-state index contributed by atoms with van der Waals surface area (Å²) in [6.07, 6.45) is -4.80. The van der Waals surface area contributed by atoms with Gasteiger partial charge in [-0.1, -0.05) is 18.2 Å². The number of hydrogen-bond donors (Lipinski definition) is 2. The Bertz CT molecular complexity index is 620. The first kappa shape index (κ1) is 19.2. The summed E-state index contributed by atoms with van der Waals surface area (Å²) in [6.45, 7) is 0.0353. The number of carboxylic acid groups (broad SMARTS) is 1. The lowest BCUT2D eigenvalue weighted by molar-refractivity contribution is -0.148. The zero-order chi connectivity index (χ0) is 18.4. The van der Waals surface area contributed by atoms with Crippen LogP contribution in [0, 0.1) is 0 Å². The van der Waals surface area contributed by atoms with Crippen LogP contribution in [0.3, 0.4) is 0 Å². The summed E-state index contributed by atoms with van der Waals surface area (Å²) < 4.78 is 48.6. The van der Waals surface area contributed by atoms with Gasteiger partial charge < -0.3 is 19.9 Å². The molecule has 25 heavy (non-hydrogen) atoms. The Balaban J connectivity index is 1.95. The van der Waals surface area contributed by atoms with E-state index in [2.05, 4.69) is 5.32 Å². The summed E-state index contributed by atoms with van der Waals surface area (Å²) in [5.41, 5.74) is -0.589. The minimum Gasteiger partial charge on any atom is -0.480 e. The maximum absolute atomic E-state index is 12.7. The molecule has 0 bridgehead atoms. The largest absolute Gasteiger partial charge is 0.480 e. The fraction of sp³-hybridized carbons (Fsp3) is 0.500. The van der Waals surface area contributed by atoms with Crippen molar-refractivity contribution in [2.45, 2.75) is 31.2 Å². The molecule has 1 heterocycles. The Hall–Kier alpha value is -2.13. The van der Waals surface area contributed by atoms with Gasteiger partial charge in [0, 0.05) is 6.61 Å². The first-order valence-corrected chi connectivity index (χ1v) is 7.62. The van der Waals surface area contributed by atoms with Crippen molar-refractivity contribution in [2.24, 2.45) is 0 Å². The number of nitrogens with one attached hydrogen (secondary N) is 1. The third-order valence-electron chi connectivity index (χ3n) is 3.68. The van der Waals surface area contributed by atoms with Gasteiger partial charge in [0.25, 0.3) is 0 Å². The minimum atomic E-state index is -4.47. The quantitative estimate of drug-likeness (QED) is 0.804. The van der Waals surface area contributed by atoms with E-state index in [9.17, 15) is 22.8 Å². The van der Waals surface area contributed by atoms with Crippen molar-refractivity contribution >= 4 is 11.9 Å². The van der Waals surface area contributed by atoms with Crippen LogP contribution in [0.2, 0.25) is 0 Å². The average Bonchev–Trinajstić information content (AvgIpc) is 2.53. The van der Waals surface area contributed by atoms with E-state index >= 15 is 0 Å². The van der Waals surface area contributed by atoms with Crippen molar-refractivity contribution in [1.29, 1.82) is 0 Å². The number of alkyl halides is 3. The highest BCUT2D eigenvalue weighted by Crippen LogP contribution is 2.29. The Morgan fingerprint density at radius 3 is 2.80 bits per heavy atom. The van der Waals surface area contributed by atoms with Crippen LogP contribution in [0.15, 0.2) is 24.3 Å². The monoisotopic (exact) mass is 361 g/mol. The summed E-state index contributed by atoms with van der Waals surface area (Å²) in [7, 11) is 0. The molecule has 2 rings (SSSR count). The molecular formula is C16H18F3NO5. The zero-order valence-corrected chi connectivity index (χ0v) is 13.2. The number of carbonyl (C=O) groups is 2. The zero-order valence-electron chi connectivity index (χ0n) is 13.2. The fourth-order valence-electron chi connectivity index (χ4n) is 2.53. The van der Waals surface area contributed by atoms with Crippen LogP contribution in [-0.2, 0) is 31.7 Å². The van der Waals surface area contributed by atoms with E-state index in [-0.39, 0.29) is 18.6 Å². The van der Waals surface area contributed by atoms with Crippen molar-refractivity contribution in [2.75, 3.05) is 19.8 Å². The first-order valence-electron chi connectivity index (χ1n) is 7.62. The predicted molar refractivity (Wildman–Crippen MR) is 79.9 cm³/mol. The normalized spacial score (nSPS) is 20.9. The number of rotatable bonds is 6. The standard InChI is InChI=1S/C16H18F3NO5/c17-16(18,19)11-3-1-2-10(6-11)7-14(21)20-12-8-24-5-4-13(12)25-9-15(22)23/h1-3,6,12-13H,4-5,7-9H2,(H,20,21)(H,22,23)/t12-,13+/m1/s1. The Labute approximate surface area is 141 Å². The second-order valence-electron chi connectivity index (χ2n) is 5.66. The number of benzene rings is 1. The number of carboxylic acids is 1. The van der Waals surface area contributed by atoms with Gasteiger partial charge in [0.15, 0.2) is 0 Å². The maximum Gasteiger partial charge on any atom is 0.416 e. The highest BCUT2D eigenvalue weighted by molar-refractivity contribution is 5.79. The van der Waals surface area contributed by atoms with Gasteiger partial charge in [-0.05, 0) is 18.1 Å². The Morgan fingerprint density at radius 1 is 1.36 bits per heavy atom. The van der Waals surface area contributed by atoms with Crippen LogP contribution >= 0.6 is 0 Å². The molecule has 1 amide bonds. The van der Waals surface area contributed by atoms with Crippen LogP contribution in [0.4, 0.5) is 13.2 Å². The van der Waals surface area contributed by atoms with E-state index in [0.717, 1.165) is 12.1 Å². The summed E-state index contributed by atoms with van der Waals surface area (Å²) in [5, 5.41) is 11.3. The Morgan fingerprint density at radius 2 is 2.12 bits per heavy atom.